The summed E-state index contributed by atoms with van der Waals surface area (Å²) < 4.78 is 18.8. The largest absolute Gasteiger partial charge is 0.378 e. The molecule has 1 heterocycles. The molecule has 1 aromatic heterocycles. The Bertz CT molecular complexity index is 577. The van der Waals surface area contributed by atoms with E-state index in [9.17, 15) is 4.39 Å². The second-order valence-electron chi connectivity index (χ2n) is 4.50. The predicted molar refractivity (Wildman–Crippen MR) is 77.0 cm³/mol. The second-order valence-corrected chi connectivity index (χ2v) is 4.50. The third-order valence-corrected chi connectivity index (χ3v) is 2.86. The van der Waals surface area contributed by atoms with Gasteiger partial charge in [-0.1, -0.05) is 12.1 Å². The van der Waals surface area contributed by atoms with Crippen molar-refractivity contribution in [1.82, 2.24) is 9.97 Å². The van der Waals surface area contributed by atoms with E-state index >= 15 is 0 Å². The predicted octanol–water partition coefficient (Wildman–Crippen LogP) is 3.17. The highest BCUT2D eigenvalue weighted by atomic mass is 19.1. The third kappa shape index (κ3) is 3.30. The zero-order valence-electron chi connectivity index (χ0n) is 11.9. The fraction of sp³-hybridized carbons (Fsp3) is 0.333. The lowest BCUT2D eigenvalue weighted by Crippen LogP contribution is -2.05. The molecule has 4 nitrogen and oxygen atoms in total. The van der Waals surface area contributed by atoms with Crippen LogP contribution >= 0.6 is 0 Å². The maximum Gasteiger partial charge on any atom is 0.161 e. The zero-order valence-corrected chi connectivity index (χ0v) is 11.9. The second kappa shape index (κ2) is 6.43. The highest BCUT2D eigenvalue weighted by Gasteiger charge is 2.08. The van der Waals surface area contributed by atoms with Gasteiger partial charge in [-0.2, -0.15) is 0 Å². The first-order valence-corrected chi connectivity index (χ1v) is 6.51. The first-order chi connectivity index (χ1) is 9.63. The number of aryl methyl sites for hydroxylation is 1. The summed E-state index contributed by atoms with van der Waals surface area (Å²) in [5.74, 6) is 0.952. The topological polar surface area (TPSA) is 47.0 Å². The number of anilines is 1. The molecule has 0 aliphatic carbocycles. The van der Waals surface area contributed by atoms with Crippen molar-refractivity contribution >= 4 is 5.82 Å². The summed E-state index contributed by atoms with van der Waals surface area (Å²) in [6, 6.07) is 6.84. The molecule has 0 amide bonds. The van der Waals surface area contributed by atoms with Gasteiger partial charge in [-0.15, -0.1) is 0 Å². The highest BCUT2D eigenvalue weighted by Crippen LogP contribution is 2.21. The monoisotopic (exact) mass is 275 g/mol. The van der Waals surface area contributed by atoms with E-state index in [1.807, 2.05) is 19.1 Å². The maximum absolute atomic E-state index is 13.7. The van der Waals surface area contributed by atoms with Crippen LogP contribution in [0.4, 0.5) is 10.2 Å². The van der Waals surface area contributed by atoms with Gasteiger partial charge < -0.3 is 10.1 Å². The number of rotatable bonds is 5. The van der Waals surface area contributed by atoms with Crippen LogP contribution in [0.3, 0.4) is 0 Å². The Morgan fingerprint density at radius 1 is 1.25 bits per heavy atom. The minimum atomic E-state index is -0.256. The number of methoxy groups -OCH3 is 1. The van der Waals surface area contributed by atoms with Crippen molar-refractivity contribution in [2.45, 2.75) is 20.5 Å². The van der Waals surface area contributed by atoms with E-state index in [2.05, 4.69) is 15.3 Å². The fourth-order valence-electron chi connectivity index (χ4n) is 1.85. The Labute approximate surface area is 118 Å². The minimum absolute atomic E-state index is 0.256. The first kappa shape index (κ1) is 14.4. The molecule has 1 aromatic carbocycles. The van der Waals surface area contributed by atoms with Crippen molar-refractivity contribution in [1.29, 1.82) is 0 Å². The van der Waals surface area contributed by atoms with Gasteiger partial charge >= 0.3 is 0 Å². The van der Waals surface area contributed by atoms with E-state index in [0.717, 1.165) is 12.2 Å². The normalized spacial score (nSPS) is 10.6. The van der Waals surface area contributed by atoms with E-state index in [4.69, 9.17) is 4.74 Å². The maximum atomic E-state index is 13.7. The number of hydrogen-bond acceptors (Lipinski definition) is 4. The van der Waals surface area contributed by atoms with Crippen LogP contribution in [0.15, 0.2) is 24.3 Å². The van der Waals surface area contributed by atoms with Crippen LogP contribution in [0, 0.1) is 12.7 Å². The lowest BCUT2D eigenvalue weighted by molar-refractivity contribution is 0.181. The van der Waals surface area contributed by atoms with Crippen molar-refractivity contribution < 1.29 is 9.13 Å². The Morgan fingerprint density at radius 2 is 2.05 bits per heavy atom. The van der Waals surface area contributed by atoms with Gasteiger partial charge in [0.2, 0.25) is 0 Å². The summed E-state index contributed by atoms with van der Waals surface area (Å²) in [6.45, 7) is 4.86. The number of nitrogens with one attached hydrogen (secondary N) is 1. The molecule has 2 rings (SSSR count). The smallest absolute Gasteiger partial charge is 0.161 e. The first-order valence-electron chi connectivity index (χ1n) is 6.51. The Morgan fingerprint density at radius 3 is 2.70 bits per heavy atom. The Balaban J connectivity index is 2.45. The van der Waals surface area contributed by atoms with Gasteiger partial charge in [-0.25, -0.2) is 14.4 Å². The van der Waals surface area contributed by atoms with E-state index in [1.165, 1.54) is 6.07 Å². The zero-order chi connectivity index (χ0) is 14.5. The van der Waals surface area contributed by atoms with Crippen LogP contribution in [0.5, 0.6) is 0 Å². The molecule has 5 heteroatoms. The molecule has 0 bridgehead atoms. The summed E-state index contributed by atoms with van der Waals surface area (Å²) in [4.78, 5) is 8.81. The van der Waals surface area contributed by atoms with Crippen LogP contribution in [-0.2, 0) is 11.3 Å². The molecule has 0 unspecified atom stereocenters. The molecule has 1 N–H and O–H groups in total. The molecule has 2 aromatic rings. The number of hydrogen-bond donors (Lipinski definition) is 1. The van der Waals surface area contributed by atoms with Crippen molar-refractivity contribution in [3.05, 3.63) is 41.3 Å². The third-order valence-electron chi connectivity index (χ3n) is 2.86. The van der Waals surface area contributed by atoms with Gasteiger partial charge in [-0.3, -0.25) is 0 Å². The lowest BCUT2D eigenvalue weighted by atomic mass is 10.1. The molecule has 0 fully saturated rings. The molecule has 0 atom stereocenters. The summed E-state index contributed by atoms with van der Waals surface area (Å²) in [7, 11) is 1.61. The molecule has 0 saturated heterocycles. The van der Waals surface area contributed by atoms with Crippen molar-refractivity contribution in [2.24, 2.45) is 0 Å². The van der Waals surface area contributed by atoms with Crippen LogP contribution in [-0.4, -0.2) is 23.6 Å². The number of aromatic nitrogens is 2. The Hall–Kier alpha value is -2.01. The molecule has 0 aliphatic rings. The van der Waals surface area contributed by atoms with Gasteiger partial charge in [0.05, 0.1) is 12.3 Å². The van der Waals surface area contributed by atoms with E-state index < -0.39 is 0 Å². The SMILES string of the molecule is CCNc1cc(COC)nc(-c2ccc(C)c(F)c2)n1. The summed E-state index contributed by atoms with van der Waals surface area (Å²) >= 11 is 0. The summed E-state index contributed by atoms with van der Waals surface area (Å²) in [6.07, 6.45) is 0. The lowest BCUT2D eigenvalue weighted by Gasteiger charge is -2.09. The molecule has 20 heavy (non-hydrogen) atoms. The number of halogens is 1. The van der Waals surface area contributed by atoms with Gasteiger partial charge in [0.1, 0.15) is 11.6 Å². The molecule has 106 valence electrons. The molecule has 0 spiro atoms. The number of nitrogens with zero attached hydrogens (tertiary/aromatic N) is 2. The van der Waals surface area contributed by atoms with Crippen LogP contribution < -0.4 is 5.32 Å². The van der Waals surface area contributed by atoms with Crippen molar-refractivity contribution in [3.8, 4) is 11.4 Å². The average Bonchev–Trinajstić information content (AvgIpc) is 2.42. The average molecular weight is 275 g/mol. The number of benzene rings is 1. The minimum Gasteiger partial charge on any atom is -0.378 e. The Kier molecular flexibility index (Phi) is 4.63. The van der Waals surface area contributed by atoms with Crippen LogP contribution in [0.1, 0.15) is 18.2 Å². The van der Waals surface area contributed by atoms with Crippen molar-refractivity contribution in [2.75, 3.05) is 19.0 Å². The van der Waals surface area contributed by atoms with Gasteiger partial charge in [0, 0.05) is 25.3 Å². The van der Waals surface area contributed by atoms with Gasteiger partial charge in [0.25, 0.3) is 0 Å². The summed E-state index contributed by atoms with van der Waals surface area (Å²) in [5, 5.41) is 3.14. The molecular weight excluding hydrogens is 257 g/mol. The van der Waals surface area contributed by atoms with E-state index in [-0.39, 0.29) is 5.82 Å². The van der Waals surface area contributed by atoms with E-state index in [1.54, 1.807) is 20.1 Å². The number of ether oxygens (including phenoxy) is 1. The summed E-state index contributed by atoms with van der Waals surface area (Å²) in [5.41, 5.74) is 2.02. The molecule has 0 aliphatic heterocycles. The highest BCUT2D eigenvalue weighted by molar-refractivity contribution is 5.58. The van der Waals surface area contributed by atoms with Gasteiger partial charge in [-0.05, 0) is 25.5 Å². The molecule has 0 radical (unpaired) electrons. The standard InChI is InChI=1S/C15H18FN3O/c1-4-17-14-8-12(9-20-3)18-15(19-14)11-6-5-10(2)13(16)7-11/h5-8H,4,9H2,1-3H3,(H,17,18,19). The fourth-order valence-corrected chi connectivity index (χ4v) is 1.85. The van der Waals surface area contributed by atoms with Crippen LogP contribution in [0.2, 0.25) is 0 Å². The molecular formula is C15H18FN3O. The molecule has 0 saturated carbocycles. The van der Waals surface area contributed by atoms with E-state index in [0.29, 0.717) is 29.4 Å². The van der Waals surface area contributed by atoms with Gasteiger partial charge in [0.15, 0.2) is 5.82 Å². The van der Waals surface area contributed by atoms with Crippen molar-refractivity contribution in [3.63, 3.8) is 0 Å². The van der Waals surface area contributed by atoms with Crippen LogP contribution in [0.25, 0.3) is 11.4 Å². The quantitative estimate of drug-likeness (QED) is 0.910.